The third-order valence-electron chi connectivity index (χ3n) is 4.96. The molecule has 1 aliphatic carbocycles. The molecule has 0 aliphatic heterocycles. The summed E-state index contributed by atoms with van der Waals surface area (Å²) in [6.45, 7) is 0.521. The van der Waals surface area contributed by atoms with E-state index in [1.54, 1.807) is 11.3 Å². The second-order valence-corrected chi connectivity index (χ2v) is 7.82. The van der Waals surface area contributed by atoms with Gasteiger partial charge < -0.3 is 11.1 Å². The van der Waals surface area contributed by atoms with E-state index in [0.29, 0.717) is 18.9 Å². The Bertz CT molecular complexity index is 675. The van der Waals surface area contributed by atoms with Crippen molar-refractivity contribution in [2.75, 3.05) is 6.54 Å². The van der Waals surface area contributed by atoms with E-state index in [9.17, 15) is 4.79 Å². The molecule has 1 unspecified atom stereocenters. The summed E-state index contributed by atoms with van der Waals surface area (Å²) >= 11 is 1.62. The molecule has 150 valence electrons. The first kappa shape index (κ1) is 23.9. The number of hydrogen-bond donors (Lipinski definition) is 2. The monoisotopic (exact) mass is 429 g/mol. The van der Waals surface area contributed by atoms with Gasteiger partial charge in [0.1, 0.15) is 0 Å². The maximum Gasteiger partial charge on any atom is 0.226 e. The largest absolute Gasteiger partial charge is 0.351 e. The molecule has 0 radical (unpaired) electrons. The van der Waals surface area contributed by atoms with Gasteiger partial charge >= 0.3 is 0 Å². The zero-order chi connectivity index (χ0) is 17.5. The molecule has 0 spiro atoms. The molecule has 1 amide bonds. The van der Waals surface area contributed by atoms with Gasteiger partial charge in [0, 0.05) is 24.4 Å². The van der Waals surface area contributed by atoms with E-state index in [-0.39, 0.29) is 36.8 Å². The lowest BCUT2D eigenvalue weighted by molar-refractivity contribution is -0.121. The fourth-order valence-corrected chi connectivity index (χ4v) is 4.44. The minimum atomic E-state index is 0. The molecule has 0 bridgehead atoms. The van der Waals surface area contributed by atoms with Crippen molar-refractivity contribution in [2.24, 2.45) is 11.7 Å². The highest BCUT2D eigenvalue weighted by molar-refractivity contribution is 7.09. The lowest BCUT2D eigenvalue weighted by Crippen LogP contribution is -2.46. The molecule has 27 heavy (non-hydrogen) atoms. The van der Waals surface area contributed by atoms with Crippen LogP contribution in [0.1, 0.15) is 48.4 Å². The summed E-state index contributed by atoms with van der Waals surface area (Å²) in [4.78, 5) is 17.0. The van der Waals surface area contributed by atoms with Gasteiger partial charge in [0.15, 0.2) is 0 Å². The molecule has 1 aromatic heterocycles. The zero-order valence-corrected chi connectivity index (χ0v) is 17.9. The minimum Gasteiger partial charge on any atom is -0.351 e. The quantitative estimate of drug-likeness (QED) is 0.694. The number of thiazole rings is 1. The summed E-state index contributed by atoms with van der Waals surface area (Å²) in [5, 5.41) is 6.19. The van der Waals surface area contributed by atoms with Crippen molar-refractivity contribution in [3.8, 4) is 0 Å². The Morgan fingerprint density at radius 2 is 1.89 bits per heavy atom. The summed E-state index contributed by atoms with van der Waals surface area (Å²) in [5.41, 5.74) is 8.01. The van der Waals surface area contributed by atoms with Crippen LogP contribution in [-0.2, 0) is 17.6 Å². The molecule has 1 saturated carbocycles. The Kier molecular flexibility index (Phi) is 10.9. The molecule has 2 aromatic rings. The second kappa shape index (κ2) is 12.3. The van der Waals surface area contributed by atoms with Gasteiger partial charge in [-0.15, -0.1) is 36.2 Å². The van der Waals surface area contributed by atoms with Crippen molar-refractivity contribution in [1.29, 1.82) is 0 Å². The summed E-state index contributed by atoms with van der Waals surface area (Å²) in [7, 11) is 0. The van der Waals surface area contributed by atoms with E-state index in [4.69, 9.17) is 5.73 Å². The van der Waals surface area contributed by atoms with Crippen LogP contribution in [0.3, 0.4) is 0 Å². The lowest BCUT2D eigenvalue weighted by atomic mass is 9.84. The van der Waals surface area contributed by atoms with Gasteiger partial charge in [-0.25, -0.2) is 4.98 Å². The SMILES string of the molecule is Cl.Cl.NCC(NC(=O)Cc1csc(Cc2ccccc2)n1)C1CCCCC1. The molecular formula is C20H29Cl2N3OS. The summed E-state index contributed by atoms with van der Waals surface area (Å²) < 4.78 is 0. The van der Waals surface area contributed by atoms with Crippen molar-refractivity contribution in [3.63, 3.8) is 0 Å². The fourth-order valence-electron chi connectivity index (χ4n) is 3.61. The Morgan fingerprint density at radius 3 is 2.56 bits per heavy atom. The topological polar surface area (TPSA) is 68.0 Å². The molecule has 3 N–H and O–H groups in total. The Labute approximate surface area is 178 Å². The van der Waals surface area contributed by atoms with Crippen LogP contribution in [0.2, 0.25) is 0 Å². The van der Waals surface area contributed by atoms with Gasteiger partial charge in [-0.2, -0.15) is 0 Å². The molecule has 1 fully saturated rings. The highest BCUT2D eigenvalue weighted by Gasteiger charge is 2.24. The van der Waals surface area contributed by atoms with E-state index >= 15 is 0 Å². The van der Waals surface area contributed by atoms with E-state index in [1.807, 2.05) is 23.6 Å². The summed E-state index contributed by atoms with van der Waals surface area (Å²) in [6.07, 6.45) is 7.35. The van der Waals surface area contributed by atoms with Gasteiger partial charge in [-0.1, -0.05) is 49.6 Å². The van der Waals surface area contributed by atoms with Crippen LogP contribution < -0.4 is 11.1 Å². The summed E-state index contributed by atoms with van der Waals surface area (Å²) in [5.74, 6) is 0.573. The molecule has 1 aliphatic rings. The molecule has 4 nitrogen and oxygen atoms in total. The molecule has 3 rings (SSSR count). The highest BCUT2D eigenvalue weighted by atomic mass is 35.5. The van der Waals surface area contributed by atoms with Crippen LogP contribution in [0, 0.1) is 5.92 Å². The van der Waals surface area contributed by atoms with Crippen molar-refractivity contribution in [2.45, 2.75) is 51.0 Å². The number of halogens is 2. The highest BCUT2D eigenvalue weighted by Crippen LogP contribution is 2.26. The number of carbonyl (C=O) groups is 1. The standard InChI is InChI=1S/C20H27N3OS.2ClH/c21-13-18(16-9-5-2-6-10-16)23-19(24)12-17-14-25-20(22-17)11-15-7-3-1-4-8-15;;/h1,3-4,7-8,14,16,18H,2,5-6,9-13,21H2,(H,23,24);2*1H. The number of hydrogen-bond acceptors (Lipinski definition) is 4. The van der Waals surface area contributed by atoms with Crippen molar-refractivity contribution in [3.05, 3.63) is 52.0 Å². The van der Waals surface area contributed by atoms with Gasteiger partial charge in [-0.05, 0) is 24.3 Å². The van der Waals surface area contributed by atoms with Crippen LogP contribution in [0.25, 0.3) is 0 Å². The minimum absolute atomic E-state index is 0. The lowest BCUT2D eigenvalue weighted by Gasteiger charge is -2.30. The van der Waals surface area contributed by atoms with Crippen LogP contribution in [0.15, 0.2) is 35.7 Å². The first-order valence-electron chi connectivity index (χ1n) is 9.21. The number of carbonyl (C=O) groups excluding carboxylic acids is 1. The van der Waals surface area contributed by atoms with Crippen molar-refractivity contribution >= 4 is 42.1 Å². The molecule has 0 saturated heterocycles. The predicted molar refractivity (Wildman–Crippen MR) is 117 cm³/mol. The molecule has 1 aromatic carbocycles. The molecule has 7 heteroatoms. The van der Waals surface area contributed by atoms with E-state index in [0.717, 1.165) is 17.1 Å². The van der Waals surface area contributed by atoms with Gasteiger partial charge in [0.25, 0.3) is 0 Å². The smallest absolute Gasteiger partial charge is 0.226 e. The predicted octanol–water partition coefficient (Wildman–Crippen LogP) is 4.14. The third-order valence-corrected chi connectivity index (χ3v) is 5.86. The molecule has 1 heterocycles. The van der Waals surface area contributed by atoms with Crippen LogP contribution in [0.4, 0.5) is 0 Å². The zero-order valence-electron chi connectivity index (χ0n) is 15.4. The van der Waals surface area contributed by atoms with Crippen LogP contribution >= 0.6 is 36.2 Å². The molecular weight excluding hydrogens is 401 g/mol. The number of nitrogens with two attached hydrogens (primary N) is 1. The normalized spacial score (nSPS) is 15.3. The van der Waals surface area contributed by atoms with Crippen LogP contribution in [0.5, 0.6) is 0 Å². The number of benzene rings is 1. The maximum atomic E-state index is 12.4. The first-order chi connectivity index (χ1) is 12.2. The number of rotatable bonds is 7. The number of aromatic nitrogens is 1. The Hall–Kier alpha value is -1.14. The van der Waals surface area contributed by atoms with E-state index < -0.39 is 0 Å². The fraction of sp³-hybridized carbons (Fsp3) is 0.500. The van der Waals surface area contributed by atoms with Crippen molar-refractivity contribution < 1.29 is 4.79 Å². The maximum absolute atomic E-state index is 12.4. The second-order valence-electron chi connectivity index (χ2n) is 6.88. The van der Waals surface area contributed by atoms with E-state index in [2.05, 4.69) is 22.4 Å². The number of nitrogens with one attached hydrogen (secondary N) is 1. The van der Waals surface area contributed by atoms with Gasteiger partial charge in [0.05, 0.1) is 17.1 Å². The average molecular weight is 430 g/mol. The Balaban J connectivity index is 0.00000182. The summed E-state index contributed by atoms with van der Waals surface area (Å²) in [6, 6.07) is 10.4. The van der Waals surface area contributed by atoms with Crippen LogP contribution in [-0.4, -0.2) is 23.5 Å². The third kappa shape index (κ3) is 7.41. The average Bonchev–Trinajstić information content (AvgIpc) is 3.08. The number of amides is 1. The number of nitrogens with zero attached hydrogens (tertiary/aromatic N) is 1. The van der Waals surface area contributed by atoms with Gasteiger partial charge in [0.2, 0.25) is 5.91 Å². The molecule has 1 atom stereocenters. The Morgan fingerprint density at radius 1 is 1.19 bits per heavy atom. The van der Waals surface area contributed by atoms with Crippen molar-refractivity contribution in [1.82, 2.24) is 10.3 Å². The van der Waals surface area contributed by atoms with Gasteiger partial charge in [-0.3, -0.25) is 4.79 Å². The van der Waals surface area contributed by atoms with E-state index in [1.165, 1.54) is 37.7 Å². The first-order valence-corrected chi connectivity index (χ1v) is 10.1.